The molecule has 1 aliphatic rings. The first-order chi connectivity index (χ1) is 4.70. The van der Waals surface area contributed by atoms with Crippen LogP contribution in [0, 0.1) is 0 Å². The summed E-state index contributed by atoms with van der Waals surface area (Å²) in [5, 5.41) is 2.94. The monoisotopic (exact) mass is 159 g/mol. The number of halogens is 1. The fourth-order valence-electron chi connectivity index (χ4n) is 0.931. The van der Waals surface area contributed by atoms with Crippen LogP contribution in [-0.4, -0.2) is 17.2 Å². The van der Waals surface area contributed by atoms with E-state index in [9.17, 15) is 4.79 Å². The van der Waals surface area contributed by atoms with Crippen molar-refractivity contribution >= 4 is 17.4 Å². The van der Waals surface area contributed by atoms with Crippen molar-refractivity contribution in [1.82, 2.24) is 5.32 Å². The second kappa shape index (κ2) is 3.06. The Bertz CT molecular complexity index is 167. The molecule has 2 nitrogen and oxygen atoms in total. The molecule has 0 spiro atoms. The molecule has 0 aromatic carbocycles. The van der Waals surface area contributed by atoms with Gasteiger partial charge in [-0.3, -0.25) is 4.79 Å². The lowest BCUT2D eigenvalue weighted by molar-refractivity contribution is -0.118. The van der Waals surface area contributed by atoms with Crippen LogP contribution in [0.3, 0.4) is 0 Å². The minimum Gasteiger partial charge on any atom is -0.381 e. The topological polar surface area (TPSA) is 29.1 Å². The van der Waals surface area contributed by atoms with Crippen molar-refractivity contribution in [2.24, 2.45) is 0 Å². The number of carbonyl (C=O) groups is 1. The Labute approximate surface area is 65.2 Å². The van der Waals surface area contributed by atoms with Crippen LogP contribution in [0.2, 0.25) is 0 Å². The first-order valence-electron chi connectivity index (χ1n) is 3.27. The van der Waals surface area contributed by atoms with Gasteiger partial charge in [-0.05, 0) is 19.5 Å². The molecule has 0 saturated heterocycles. The fourth-order valence-corrected chi connectivity index (χ4v) is 1.18. The van der Waals surface area contributed by atoms with Crippen molar-refractivity contribution in [2.45, 2.75) is 24.8 Å². The van der Waals surface area contributed by atoms with Gasteiger partial charge in [-0.15, -0.1) is 11.6 Å². The van der Waals surface area contributed by atoms with Gasteiger partial charge in [0.05, 0.1) is 11.4 Å². The van der Waals surface area contributed by atoms with Gasteiger partial charge in [0, 0.05) is 0 Å². The molecule has 1 unspecified atom stereocenters. The number of nitrogens with one attached hydrogen (secondary N) is 1. The summed E-state index contributed by atoms with van der Waals surface area (Å²) in [5.41, 5.74) is 0. The van der Waals surface area contributed by atoms with E-state index in [0.29, 0.717) is 6.42 Å². The predicted molar refractivity (Wildman–Crippen MR) is 41.0 cm³/mol. The molecule has 2 atom stereocenters. The molecular formula is C7H10ClNO. The number of rotatable bonds is 1. The van der Waals surface area contributed by atoms with Gasteiger partial charge >= 0.3 is 0 Å². The third-order valence-corrected chi connectivity index (χ3v) is 1.88. The maximum Gasteiger partial charge on any atom is 0.151 e. The molecule has 0 saturated carbocycles. The third kappa shape index (κ3) is 1.74. The van der Waals surface area contributed by atoms with Crippen molar-refractivity contribution in [2.75, 3.05) is 0 Å². The van der Waals surface area contributed by atoms with Crippen LogP contribution in [0.25, 0.3) is 0 Å². The maximum atomic E-state index is 10.8. The van der Waals surface area contributed by atoms with Crippen LogP contribution >= 0.6 is 11.6 Å². The largest absolute Gasteiger partial charge is 0.381 e. The highest BCUT2D eigenvalue weighted by molar-refractivity contribution is 6.22. The quantitative estimate of drug-likeness (QED) is 0.580. The SMILES string of the molecule is CC(=O)C1C[C@@H](Cl)C=CN1. The molecule has 0 aromatic heterocycles. The number of allylic oxidation sites excluding steroid dienone is 1. The average molecular weight is 160 g/mol. The smallest absolute Gasteiger partial charge is 0.151 e. The van der Waals surface area contributed by atoms with Gasteiger partial charge in [-0.1, -0.05) is 6.08 Å². The Hall–Kier alpha value is -0.500. The molecule has 1 aliphatic heterocycles. The van der Waals surface area contributed by atoms with Crippen molar-refractivity contribution in [3.63, 3.8) is 0 Å². The van der Waals surface area contributed by atoms with E-state index in [1.807, 2.05) is 6.08 Å². The van der Waals surface area contributed by atoms with E-state index in [-0.39, 0.29) is 17.2 Å². The maximum absolute atomic E-state index is 10.8. The second-order valence-electron chi connectivity index (χ2n) is 2.44. The van der Waals surface area contributed by atoms with Crippen LogP contribution < -0.4 is 5.32 Å². The van der Waals surface area contributed by atoms with Gasteiger partial charge in [0.15, 0.2) is 5.78 Å². The average Bonchev–Trinajstić information content (AvgIpc) is 1.88. The molecule has 0 amide bonds. The highest BCUT2D eigenvalue weighted by Crippen LogP contribution is 2.11. The van der Waals surface area contributed by atoms with Gasteiger partial charge in [0.25, 0.3) is 0 Å². The summed E-state index contributed by atoms with van der Waals surface area (Å²) in [6.45, 7) is 1.57. The Morgan fingerprint density at radius 3 is 2.90 bits per heavy atom. The summed E-state index contributed by atoms with van der Waals surface area (Å²) in [5.74, 6) is 0.148. The number of hydrogen-bond acceptors (Lipinski definition) is 2. The minimum atomic E-state index is -0.0764. The van der Waals surface area contributed by atoms with Gasteiger partial charge < -0.3 is 5.32 Å². The van der Waals surface area contributed by atoms with Crippen molar-refractivity contribution < 1.29 is 4.79 Å². The zero-order valence-electron chi connectivity index (χ0n) is 5.80. The Morgan fingerprint density at radius 2 is 2.50 bits per heavy atom. The van der Waals surface area contributed by atoms with E-state index < -0.39 is 0 Å². The highest BCUT2D eigenvalue weighted by Gasteiger charge is 2.18. The van der Waals surface area contributed by atoms with E-state index in [4.69, 9.17) is 11.6 Å². The number of carbonyl (C=O) groups excluding carboxylic acids is 1. The van der Waals surface area contributed by atoms with E-state index in [1.165, 1.54) is 0 Å². The summed E-state index contributed by atoms with van der Waals surface area (Å²) >= 11 is 5.78. The van der Waals surface area contributed by atoms with Gasteiger partial charge in [0.1, 0.15) is 0 Å². The normalized spacial score (nSPS) is 31.4. The first kappa shape index (κ1) is 7.61. The zero-order chi connectivity index (χ0) is 7.56. The van der Waals surface area contributed by atoms with E-state index in [0.717, 1.165) is 0 Å². The molecule has 0 fully saturated rings. The fraction of sp³-hybridized carbons (Fsp3) is 0.571. The Balaban J connectivity index is 2.52. The minimum absolute atomic E-state index is 0.00940. The number of alkyl halides is 1. The molecule has 3 heteroatoms. The number of ketones is 1. The molecule has 0 aliphatic carbocycles. The molecule has 1 rings (SSSR count). The van der Waals surface area contributed by atoms with Crippen molar-refractivity contribution in [3.8, 4) is 0 Å². The van der Waals surface area contributed by atoms with Crippen LogP contribution in [-0.2, 0) is 4.79 Å². The Morgan fingerprint density at radius 1 is 1.80 bits per heavy atom. The van der Waals surface area contributed by atoms with Gasteiger partial charge in [-0.25, -0.2) is 0 Å². The van der Waals surface area contributed by atoms with Crippen molar-refractivity contribution in [3.05, 3.63) is 12.3 Å². The van der Waals surface area contributed by atoms with Gasteiger partial charge in [-0.2, -0.15) is 0 Å². The predicted octanol–water partition coefficient (Wildman–Crippen LogP) is 1.06. The zero-order valence-corrected chi connectivity index (χ0v) is 6.56. The summed E-state index contributed by atoms with van der Waals surface area (Å²) in [6.07, 6.45) is 4.29. The second-order valence-corrected chi connectivity index (χ2v) is 3.00. The lowest BCUT2D eigenvalue weighted by Crippen LogP contribution is -2.36. The van der Waals surface area contributed by atoms with Crippen molar-refractivity contribution in [1.29, 1.82) is 0 Å². The number of Topliss-reactive ketones (excluding diaryl/α,β-unsaturated/α-hetero) is 1. The molecule has 10 heavy (non-hydrogen) atoms. The number of hydrogen-bond donors (Lipinski definition) is 1. The van der Waals surface area contributed by atoms with E-state index >= 15 is 0 Å². The van der Waals surface area contributed by atoms with Crippen LogP contribution in [0.5, 0.6) is 0 Å². The van der Waals surface area contributed by atoms with Gasteiger partial charge in [0.2, 0.25) is 0 Å². The Kier molecular flexibility index (Phi) is 2.33. The van der Waals surface area contributed by atoms with Crippen LogP contribution in [0.4, 0.5) is 0 Å². The molecule has 0 bridgehead atoms. The van der Waals surface area contributed by atoms with Crippen LogP contribution in [0.1, 0.15) is 13.3 Å². The molecule has 1 N–H and O–H groups in total. The summed E-state index contributed by atoms with van der Waals surface area (Å²) in [7, 11) is 0. The highest BCUT2D eigenvalue weighted by atomic mass is 35.5. The molecule has 0 radical (unpaired) electrons. The van der Waals surface area contributed by atoms with E-state index in [1.54, 1.807) is 13.1 Å². The van der Waals surface area contributed by atoms with E-state index in [2.05, 4.69) is 5.32 Å². The summed E-state index contributed by atoms with van der Waals surface area (Å²) in [6, 6.07) is -0.0764. The first-order valence-corrected chi connectivity index (χ1v) is 3.71. The standard InChI is InChI=1S/C7H10ClNO/c1-5(10)7-4-6(8)2-3-9-7/h2-3,6-7,9H,4H2,1H3/t6-,7?/m0/s1. The lowest BCUT2D eigenvalue weighted by Gasteiger charge is -2.20. The van der Waals surface area contributed by atoms with Crippen LogP contribution in [0.15, 0.2) is 12.3 Å². The summed E-state index contributed by atoms with van der Waals surface area (Å²) in [4.78, 5) is 10.8. The summed E-state index contributed by atoms with van der Waals surface area (Å²) < 4.78 is 0. The molecular weight excluding hydrogens is 150 g/mol. The lowest BCUT2D eigenvalue weighted by atomic mass is 10.1. The molecule has 1 heterocycles. The third-order valence-electron chi connectivity index (χ3n) is 1.55. The molecule has 0 aromatic rings. The molecule has 56 valence electrons.